The molecule has 2 heterocycles. The second-order valence-corrected chi connectivity index (χ2v) is 10.8. The first-order valence-electron chi connectivity index (χ1n) is 12.4. The van der Waals surface area contributed by atoms with Gasteiger partial charge in [0.1, 0.15) is 5.69 Å². The number of pyridine rings is 1. The number of nitrogens with zero attached hydrogens (tertiary/aromatic N) is 3. The first-order chi connectivity index (χ1) is 20.0. The van der Waals surface area contributed by atoms with Crippen molar-refractivity contribution >= 4 is 67.4 Å². The van der Waals surface area contributed by atoms with Crippen LogP contribution in [0.15, 0.2) is 83.5 Å². The van der Waals surface area contributed by atoms with E-state index < -0.39 is 29.4 Å². The van der Waals surface area contributed by atoms with Crippen molar-refractivity contribution in [3.63, 3.8) is 0 Å². The van der Waals surface area contributed by atoms with Gasteiger partial charge in [-0.25, -0.2) is 9.67 Å². The van der Waals surface area contributed by atoms with Crippen LogP contribution in [0.4, 0.5) is 18.9 Å². The van der Waals surface area contributed by atoms with Gasteiger partial charge in [-0.3, -0.25) is 9.59 Å². The van der Waals surface area contributed by atoms with Gasteiger partial charge >= 0.3 is 6.18 Å². The van der Waals surface area contributed by atoms with Crippen molar-refractivity contribution in [1.29, 1.82) is 0 Å². The molecule has 42 heavy (non-hydrogen) atoms. The van der Waals surface area contributed by atoms with Gasteiger partial charge in [-0.2, -0.15) is 18.3 Å². The van der Waals surface area contributed by atoms with E-state index in [1.54, 1.807) is 30.3 Å². The quantitative estimate of drug-likeness (QED) is 0.185. The highest BCUT2D eigenvalue weighted by molar-refractivity contribution is 9.10. The molecule has 214 valence electrons. The van der Waals surface area contributed by atoms with Crippen molar-refractivity contribution in [1.82, 2.24) is 20.1 Å². The Bertz CT molecular complexity index is 1810. The molecule has 13 heteroatoms. The Hall–Kier alpha value is -3.93. The summed E-state index contributed by atoms with van der Waals surface area (Å²) in [6.07, 6.45) is -3.02. The monoisotopic (exact) mass is 675 g/mol. The predicted octanol–water partition coefficient (Wildman–Crippen LogP) is 7.73. The molecule has 0 aliphatic carbocycles. The van der Waals surface area contributed by atoms with E-state index in [2.05, 4.69) is 36.6 Å². The molecule has 2 amide bonds. The Morgan fingerprint density at radius 1 is 0.952 bits per heavy atom. The van der Waals surface area contributed by atoms with Gasteiger partial charge in [0.05, 0.1) is 21.3 Å². The van der Waals surface area contributed by atoms with Crippen molar-refractivity contribution in [3.8, 4) is 5.82 Å². The molecule has 5 aromatic rings. The Labute approximate surface area is 255 Å². The third-order valence-corrected chi connectivity index (χ3v) is 7.47. The van der Waals surface area contributed by atoms with Crippen LogP contribution >= 0.6 is 39.1 Å². The number of carbonyl (C=O) groups excluding carboxylic acids is 2. The van der Waals surface area contributed by atoms with Gasteiger partial charge in [0.15, 0.2) is 11.5 Å². The third-order valence-electron chi connectivity index (χ3n) is 6.25. The molecule has 0 aliphatic heterocycles. The zero-order valence-electron chi connectivity index (χ0n) is 21.3. The van der Waals surface area contributed by atoms with E-state index in [-0.39, 0.29) is 33.7 Å². The number of hydrogen-bond donors (Lipinski definition) is 2. The first kappa shape index (κ1) is 29.6. The van der Waals surface area contributed by atoms with Gasteiger partial charge in [0.2, 0.25) is 0 Å². The van der Waals surface area contributed by atoms with Crippen LogP contribution in [0.5, 0.6) is 0 Å². The number of anilines is 1. The molecule has 5 rings (SSSR count). The summed E-state index contributed by atoms with van der Waals surface area (Å²) >= 11 is 16.2. The maximum absolute atomic E-state index is 13.6. The van der Waals surface area contributed by atoms with Gasteiger partial charge in [0, 0.05) is 28.7 Å². The molecule has 0 atom stereocenters. The summed E-state index contributed by atoms with van der Waals surface area (Å²) in [5.74, 6) is -1.73. The molecule has 2 aromatic heterocycles. The topological polar surface area (TPSA) is 88.9 Å². The van der Waals surface area contributed by atoms with Crippen LogP contribution < -0.4 is 10.6 Å². The zero-order valence-corrected chi connectivity index (χ0v) is 24.4. The van der Waals surface area contributed by atoms with Crippen LogP contribution in [0.1, 0.15) is 32.1 Å². The molecule has 0 spiro atoms. The Kier molecular flexibility index (Phi) is 8.53. The fourth-order valence-electron chi connectivity index (χ4n) is 4.22. The van der Waals surface area contributed by atoms with Gasteiger partial charge in [-0.15, -0.1) is 0 Å². The molecule has 2 N–H and O–H groups in total. The van der Waals surface area contributed by atoms with Crippen molar-refractivity contribution in [3.05, 3.63) is 116 Å². The van der Waals surface area contributed by atoms with Crippen molar-refractivity contribution in [2.24, 2.45) is 0 Å². The largest absolute Gasteiger partial charge is 0.435 e. The minimum absolute atomic E-state index is 0.0286. The number of fused-ring (bicyclic) bond motifs is 1. The summed E-state index contributed by atoms with van der Waals surface area (Å²) in [5.41, 5.74) is -0.903. The molecule has 3 aromatic carbocycles. The average Bonchev–Trinajstić information content (AvgIpc) is 3.42. The zero-order chi connectivity index (χ0) is 30.0. The molecular weight excluding hydrogens is 658 g/mol. The molecule has 0 aliphatic rings. The van der Waals surface area contributed by atoms with Crippen LogP contribution in [-0.4, -0.2) is 33.1 Å². The summed E-state index contributed by atoms with van der Waals surface area (Å²) < 4.78 is 42.5. The van der Waals surface area contributed by atoms with Crippen molar-refractivity contribution in [2.75, 3.05) is 11.9 Å². The maximum atomic E-state index is 13.6. The van der Waals surface area contributed by atoms with Gasteiger partial charge in [0.25, 0.3) is 11.8 Å². The second kappa shape index (κ2) is 12.1. The van der Waals surface area contributed by atoms with E-state index in [4.69, 9.17) is 23.2 Å². The SMILES string of the molecule is O=C(NCCc1ccc(Br)cc1)c1cc2ccccc2c(Cl)c1NC(=O)c1cc(C(F)(F)F)nn1-c1ncccc1Cl. The summed E-state index contributed by atoms with van der Waals surface area (Å²) in [4.78, 5) is 30.9. The number of rotatable bonds is 7. The number of benzene rings is 3. The average molecular weight is 677 g/mol. The van der Waals surface area contributed by atoms with E-state index in [9.17, 15) is 22.8 Å². The van der Waals surface area contributed by atoms with E-state index in [1.165, 1.54) is 18.3 Å². The molecule has 0 radical (unpaired) electrons. The summed E-state index contributed by atoms with van der Waals surface area (Å²) in [5, 5.41) is 10.1. The van der Waals surface area contributed by atoms with Gasteiger partial charge in [-0.1, -0.05) is 75.5 Å². The first-order valence-corrected chi connectivity index (χ1v) is 13.9. The fraction of sp³-hybridized carbons (Fsp3) is 0.103. The van der Waals surface area contributed by atoms with Gasteiger partial charge in [-0.05, 0) is 47.7 Å². The van der Waals surface area contributed by atoms with E-state index in [0.29, 0.717) is 27.9 Å². The summed E-state index contributed by atoms with van der Waals surface area (Å²) in [6, 6.07) is 19.6. The number of carbonyl (C=O) groups is 2. The highest BCUT2D eigenvalue weighted by Gasteiger charge is 2.37. The molecule has 0 bridgehead atoms. The van der Waals surface area contributed by atoms with E-state index >= 15 is 0 Å². The Morgan fingerprint density at radius 2 is 1.69 bits per heavy atom. The number of nitrogens with one attached hydrogen (secondary N) is 2. The van der Waals surface area contributed by atoms with Crippen LogP contribution in [0.2, 0.25) is 10.0 Å². The minimum Gasteiger partial charge on any atom is -0.352 e. The standard InChI is InChI=1S/C29H19BrCl2F3N5O2/c30-18-9-7-16(8-10-18)11-13-37-27(41)20-14-17-4-1-2-5-19(17)24(32)25(20)38-28(42)22-15-23(29(33,34)35)39-40(22)26-21(31)6-3-12-36-26/h1-10,12,14-15H,11,13H2,(H,37,41)(H,38,42). The second-order valence-electron chi connectivity index (χ2n) is 9.05. The Morgan fingerprint density at radius 3 is 2.40 bits per heavy atom. The molecule has 0 saturated heterocycles. The number of halogens is 6. The Balaban J connectivity index is 1.51. The predicted molar refractivity (Wildman–Crippen MR) is 158 cm³/mol. The number of hydrogen-bond acceptors (Lipinski definition) is 4. The molecule has 0 unspecified atom stereocenters. The number of amides is 2. The van der Waals surface area contributed by atoms with Crippen molar-refractivity contribution in [2.45, 2.75) is 12.6 Å². The van der Waals surface area contributed by atoms with Crippen LogP contribution in [-0.2, 0) is 12.6 Å². The lowest BCUT2D eigenvalue weighted by atomic mass is 10.0. The highest BCUT2D eigenvalue weighted by Crippen LogP contribution is 2.36. The number of aromatic nitrogens is 3. The minimum atomic E-state index is -4.86. The molecule has 0 saturated carbocycles. The van der Waals surface area contributed by atoms with E-state index in [1.807, 2.05) is 24.3 Å². The normalized spacial score (nSPS) is 11.5. The third kappa shape index (κ3) is 6.28. The van der Waals surface area contributed by atoms with E-state index in [0.717, 1.165) is 10.0 Å². The molecule has 0 fully saturated rings. The van der Waals surface area contributed by atoms with Crippen molar-refractivity contribution < 1.29 is 22.8 Å². The fourth-order valence-corrected chi connectivity index (χ4v) is 5.01. The van der Waals surface area contributed by atoms with Crippen LogP contribution in [0.3, 0.4) is 0 Å². The lowest BCUT2D eigenvalue weighted by Gasteiger charge is -2.16. The summed E-state index contributed by atoms with van der Waals surface area (Å²) in [6.45, 7) is 0.276. The van der Waals surface area contributed by atoms with Gasteiger partial charge < -0.3 is 10.6 Å². The summed E-state index contributed by atoms with van der Waals surface area (Å²) in [7, 11) is 0. The number of alkyl halides is 3. The lowest BCUT2D eigenvalue weighted by molar-refractivity contribution is -0.141. The van der Waals surface area contributed by atoms with Crippen LogP contribution in [0, 0.1) is 0 Å². The lowest BCUT2D eigenvalue weighted by Crippen LogP contribution is -2.27. The smallest absolute Gasteiger partial charge is 0.352 e. The van der Waals surface area contributed by atoms with Crippen LogP contribution in [0.25, 0.3) is 16.6 Å². The maximum Gasteiger partial charge on any atom is 0.435 e. The molecule has 7 nitrogen and oxygen atoms in total. The highest BCUT2D eigenvalue weighted by atomic mass is 79.9. The molecular formula is C29H19BrCl2F3N5O2.